The zero-order valence-electron chi connectivity index (χ0n) is 15.5. The topological polar surface area (TPSA) is 134 Å². The van der Waals surface area contributed by atoms with Gasteiger partial charge in [-0.15, -0.1) is 0 Å². The second kappa shape index (κ2) is 9.47. The zero-order valence-corrected chi connectivity index (χ0v) is 17.0. The number of rotatable bonds is 5. The molecular formula is C19H18Cl2N4O4. The van der Waals surface area contributed by atoms with Crippen LogP contribution in [0.15, 0.2) is 30.3 Å². The van der Waals surface area contributed by atoms with E-state index in [9.17, 15) is 19.8 Å². The van der Waals surface area contributed by atoms with Crippen LogP contribution in [0, 0.1) is 18.3 Å². The zero-order chi connectivity index (χ0) is 21.7. The maximum atomic E-state index is 12.5. The highest BCUT2D eigenvalue weighted by Gasteiger charge is 2.25. The van der Waals surface area contributed by atoms with E-state index < -0.39 is 24.0 Å². The van der Waals surface area contributed by atoms with Gasteiger partial charge in [-0.3, -0.25) is 20.4 Å². The van der Waals surface area contributed by atoms with Gasteiger partial charge >= 0.3 is 0 Å². The number of hydrazine groups is 1. The van der Waals surface area contributed by atoms with Gasteiger partial charge in [0.1, 0.15) is 17.9 Å². The van der Waals surface area contributed by atoms with Gasteiger partial charge < -0.3 is 15.5 Å². The van der Waals surface area contributed by atoms with Crippen molar-refractivity contribution in [1.29, 1.82) is 5.26 Å². The third-order valence-corrected chi connectivity index (χ3v) is 4.88. The predicted molar refractivity (Wildman–Crippen MR) is 109 cm³/mol. The normalized spacial score (nSPS) is 12.4. The minimum atomic E-state index is -1.12. The summed E-state index contributed by atoms with van der Waals surface area (Å²) in [5.74, 6) is -1.55. The van der Waals surface area contributed by atoms with Crippen LogP contribution in [0.25, 0.3) is 0 Å². The molecule has 0 aromatic heterocycles. The number of hydrogen-bond donors (Lipinski definition) is 5. The first-order valence-electron chi connectivity index (χ1n) is 8.38. The summed E-state index contributed by atoms with van der Waals surface area (Å²) in [5.41, 5.74) is 5.82. The van der Waals surface area contributed by atoms with Gasteiger partial charge in [-0.25, -0.2) is 0 Å². The van der Waals surface area contributed by atoms with Crippen molar-refractivity contribution in [1.82, 2.24) is 10.9 Å². The van der Waals surface area contributed by atoms with E-state index in [0.717, 1.165) is 0 Å². The molecule has 0 spiro atoms. The molecule has 5 N–H and O–H groups in total. The van der Waals surface area contributed by atoms with Crippen molar-refractivity contribution in [3.63, 3.8) is 0 Å². The number of nitrogens with one attached hydrogen (secondary N) is 3. The number of nitriles is 1. The van der Waals surface area contributed by atoms with Crippen molar-refractivity contribution < 1.29 is 19.8 Å². The fourth-order valence-corrected chi connectivity index (χ4v) is 2.80. The quantitative estimate of drug-likeness (QED) is 0.457. The van der Waals surface area contributed by atoms with Crippen molar-refractivity contribution in [2.75, 3.05) is 5.32 Å². The average molecular weight is 437 g/mol. The molecule has 0 radical (unpaired) electrons. The SMILES string of the molecule is Cc1c(N[C@@H](C(=O)NNC(=O)c2ccc(O)c(Cl)c2)[C@H](C)O)ccc(C#N)c1Cl. The van der Waals surface area contributed by atoms with Crippen LogP contribution in [-0.4, -0.2) is 34.2 Å². The monoisotopic (exact) mass is 436 g/mol. The first-order chi connectivity index (χ1) is 13.6. The van der Waals surface area contributed by atoms with Crippen molar-refractivity contribution in [2.45, 2.75) is 26.0 Å². The Balaban J connectivity index is 2.10. The first kappa shape index (κ1) is 22.3. The Hall–Kier alpha value is -2.99. The molecule has 29 heavy (non-hydrogen) atoms. The number of phenols is 1. The number of anilines is 1. The van der Waals surface area contributed by atoms with Gasteiger partial charge in [-0.05, 0) is 49.7 Å². The van der Waals surface area contributed by atoms with Crippen molar-refractivity contribution in [3.8, 4) is 11.8 Å². The minimum Gasteiger partial charge on any atom is -0.506 e. The Kier molecular flexibility index (Phi) is 7.29. The third-order valence-electron chi connectivity index (χ3n) is 4.09. The maximum absolute atomic E-state index is 12.5. The third kappa shape index (κ3) is 5.29. The lowest BCUT2D eigenvalue weighted by molar-refractivity contribution is -0.124. The number of nitrogens with zero attached hydrogens (tertiary/aromatic N) is 1. The van der Waals surface area contributed by atoms with Crippen LogP contribution >= 0.6 is 23.2 Å². The van der Waals surface area contributed by atoms with Gasteiger partial charge in [0.2, 0.25) is 0 Å². The summed E-state index contributed by atoms with van der Waals surface area (Å²) in [5, 5.41) is 31.5. The molecule has 0 fully saturated rings. The Labute approximate surface area is 177 Å². The highest BCUT2D eigenvalue weighted by molar-refractivity contribution is 6.33. The van der Waals surface area contributed by atoms with Crippen LogP contribution < -0.4 is 16.2 Å². The lowest BCUT2D eigenvalue weighted by atomic mass is 10.1. The first-order valence-corrected chi connectivity index (χ1v) is 9.13. The predicted octanol–water partition coefficient (Wildman–Crippen LogP) is 2.50. The molecule has 0 saturated carbocycles. The van der Waals surface area contributed by atoms with Gasteiger partial charge in [0, 0.05) is 11.3 Å². The summed E-state index contributed by atoms with van der Waals surface area (Å²) in [4.78, 5) is 24.6. The molecule has 152 valence electrons. The summed E-state index contributed by atoms with van der Waals surface area (Å²) in [7, 11) is 0. The minimum absolute atomic E-state index is 0.0133. The van der Waals surface area contributed by atoms with Crippen molar-refractivity contribution >= 4 is 40.7 Å². The van der Waals surface area contributed by atoms with Crippen molar-refractivity contribution in [2.24, 2.45) is 0 Å². The van der Waals surface area contributed by atoms with E-state index in [4.69, 9.17) is 28.5 Å². The van der Waals surface area contributed by atoms with Gasteiger partial charge in [0.15, 0.2) is 0 Å². The van der Waals surface area contributed by atoms with Gasteiger partial charge in [0.05, 0.1) is 21.7 Å². The van der Waals surface area contributed by atoms with Gasteiger partial charge in [-0.1, -0.05) is 23.2 Å². The molecule has 8 nitrogen and oxygen atoms in total. The fourth-order valence-electron chi connectivity index (χ4n) is 2.42. The summed E-state index contributed by atoms with van der Waals surface area (Å²) >= 11 is 11.9. The highest BCUT2D eigenvalue weighted by atomic mass is 35.5. The molecule has 0 aliphatic heterocycles. The summed E-state index contributed by atoms with van der Waals surface area (Å²) < 4.78 is 0. The molecule has 10 heteroatoms. The van der Waals surface area contributed by atoms with Crippen LogP contribution in [0.3, 0.4) is 0 Å². The number of aliphatic hydroxyl groups is 1. The van der Waals surface area contributed by atoms with E-state index in [0.29, 0.717) is 11.3 Å². The molecule has 2 rings (SSSR count). The number of phenolic OH excluding ortho intramolecular Hbond substituents is 1. The molecule has 0 bridgehead atoms. The van der Waals surface area contributed by atoms with Crippen LogP contribution in [0.5, 0.6) is 5.75 Å². The summed E-state index contributed by atoms with van der Waals surface area (Å²) in [6, 6.07) is 7.71. The van der Waals surface area contributed by atoms with Crippen LogP contribution in [0.1, 0.15) is 28.4 Å². The molecule has 0 unspecified atom stereocenters. The largest absolute Gasteiger partial charge is 0.506 e. The Morgan fingerprint density at radius 3 is 2.45 bits per heavy atom. The lowest BCUT2D eigenvalue weighted by Gasteiger charge is -2.23. The number of aliphatic hydroxyl groups excluding tert-OH is 1. The second-order valence-electron chi connectivity index (χ2n) is 6.18. The summed E-state index contributed by atoms with van der Waals surface area (Å²) in [6.07, 6.45) is -1.12. The molecule has 2 amide bonds. The standard InChI is InChI=1S/C19H18Cl2N4O4/c1-9-14(5-3-12(8-22)16(9)21)23-17(10(2)26)19(29)25-24-18(28)11-4-6-15(27)13(20)7-11/h3-7,10,17,23,26-27H,1-2H3,(H,24,28)(H,25,29)/t10-,17+/m0/s1. The Bertz CT molecular complexity index is 989. The number of carbonyl (C=O) groups is 2. The number of halogens is 2. The summed E-state index contributed by atoms with van der Waals surface area (Å²) in [6.45, 7) is 3.07. The number of carbonyl (C=O) groups excluding carboxylic acids is 2. The smallest absolute Gasteiger partial charge is 0.269 e. The fraction of sp³-hybridized carbons (Fsp3) is 0.211. The molecule has 0 saturated heterocycles. The molecular weight excluding hydrogens is 419 g/mol. The number of hydrogen-bond acceptors (Lipinski definition) is 6. The maximum Gasteiger partial charge on any atom is 0.269 e. The van der Waals surface area contributed by atoms with Crippen molar-refractivity contribution in [3.05, 3.63) is 57.1 Å². The Morgan fingerprint density at radius 2 is 1.86 bits per heavy atom. The van der Waals surface area contributed by atoms with E-state index >= 15 is 0 Å². The average Bonchev–Trinajstić information content (AvgIpc) is 2.68. The number of amides is 2. The van der Waals surface area contributed by atoms with Gasteiger partial charge in [-0.2, -0.15) is 5.26 Å². The molecule has 0 aliphatic rings. The van der Waals surface area contributed by atoms with Crippen LogP contribution in [0.4, 0.5) is 5.69 Å². The van der Waals surface area contributed by atoms with E-state index in [2.05, 4.69) is 16.2 Å². The molecule has 2 aromatic carbocycles. The molecule has 2 atom stereocenters. The van der Waals surface area contributed by atoms with E-state index in [1.165, 1.54) is 31.2 Å². The second-order valence-corrected chi connectivity index (χ2v) is 6.97. The Morgan fingerprint density at radius 1 is 1.17 bits per heavy atom. The molecule has 2 aromatic rings. The molecule has 0 aliphatic carbocycles. The van der Waals surface area contributed by atoms with Crippen LogP contribution in [0.2, 0.25) is 10.0 Å². The lowest BCUT2D eigenvalue weighted by Crippen LogP contribution is -2.52. The number of aromatic hydroxyl groups is 1. The van der Waals surface area contributed by atoms with E-state index in [1.807, 2.05) is 6.07 Å². The van der Waals surface area contributed by atoms with Crippen LogP contribution in [-0.2, 0) is 4.79 Å². The highest BCUT2D eigenvalue weighted by Crippen LogP contribution is 2.28. The van der Waals surface area contributed by atoms with E-state index in [1.54, 1.807) is 13.0 Å². The molecule has 0 heterocycles. The number of benzene rings is 2. The van der Waals surface area contributed by atoms with Gasteiger partial charge in [0.25, 0.3) is 11.8 Å². The van der Waals surface area contributed by atoms with E-state index in [-0.39, 0.29) is 26.9 Å².